The Morgan fingerprint density at radius 2 is 1.93 bits per heavy atom. The molecule has 0 spiro atoms. The number of ether oxygens (including phenoxy) is 1. The highest BCUT2D eigenvalue weighted by Crippen LogP contribution is 2.21. The highest BCUT2D eigenvalue weighted by atomic mass is 31.2. The summed E-state index contributed by atoms with van der Waals surface area (Å²) in [6.07, 6.45) is 0. The van der Waals surface area contributed by atoms with Crippen LogP contribution in [-0.2, 0) is 4.74 Å². The van der Waals surface area contributed by atoms with Crippen molar-refractivity contribution in [2.75, 3.05) is 6.61 Å². The first kappa shape index (κ1) is 11.1. The molecule has 0 atom stereocenters. The van der Waals surface area contributed by atoms with E-state index in [1.165, 1.54) is 24.3 Å². The maximum Gasteiger partial charge on any atom is 0.338 e. The summed E-state index contributed by atoms with van der Waals surface area (Å²) in [5.41, 5.74) is 0.410. The number of hydrogen-bond donors (Lipinski definition) is 2. The van der Waals surface area contributed by atoms with Gasteiger partial charge >= 0.3 is 5.97 Å². The van der Waals surface area contributed by atoms with Gasteiger partial charge in [0, 0.05) is 5.30 Å². The molecular weight excluding hydrogens is 203 g/mol. The highest BCUT2D eigenvalue weighted by Gasteiger charge is 2.08. The van der Waals surface area contributed by atoms with Crippen molar-refractivity contribution in [1.82, 2.24) is 0 Å². The molecule has 76 valence electrons. The minimum Gasteiger partial charge on any atom is -0.462 e. The zero-order valence-electron chi connectivity index (χ0n) is 7.67. The molecule has 0 amide bonds. The summed E-state index contributed by atoms with van der Waals surface area (Å²) in [7, 11) is -2.09. The van der Waals surface area contributed by atoms with E-state index in [2.05, 4.69) is 0 Å². The van der Waals surface area contributed by atoms with Crippen LogP contribution in [-0.4, -0.2) is 22.4 Å². The Morgan fingerprint density at radius 1 is 1.36 bits per heavy atom. The molecule has 0 unspecified atom stereocenters. The molecule has 14 heavy (non-hydrogen) atoms. The molecular formula is C9H11O4P. The van der Waals surface area contributed by atoms with Crippen molar-refractivity contribution in [2.45, 2.75) is 6.92 Å². The molecule has 0 aromatic heterocycles. The van der Waals surface area contributed by atoms with Gasteiger partial charge in [0.15, 0.2) is 8.38 Å². The fourth-order valence-corrected chi connectivity index (χ4v) is 1.36. The molecule has 0 aliphatic carbocycles. The van der Waals surface area contributed by atoms with Gasteiger partial charge in [-0.3, -0.25) is 0 Å². The SMILES string of the molecule is CCOC(=O)c1ccc(P(O)O)cc1. The molecule has 1 aromatic carbocycles. The number of carbonyl (C=O) groups excluding carboxylic acids is 1. The Balaban J connectivity index is 2.78. The fourth-order valence-electron chi connectivity index (χ4n) is 0.945. The van der Waals surface area contributed by atoms with Crippen molar-refractivity contribution in [3.63, 3.8) is 0 Å². The Kier molecular flexibility index (Phi) is 4.01. The van der Waals surface area contributed by atoms with Gasteiger partial charge in [-0.2, -0.15) is 0 Å². The molecule has 0 aliphatic heterocycles. The van der Waals surface area contributed by atoms with E-state index >= 15 is 0 Å². The summed E-state index contributed by atoms with van der Waals surface area (Å²) >= 11 is 0. The Morgan fingerprint density at radius 3 is 2.36 bits per heavy atom. The van der Waals surface area contributed by atoms with Gasteiger partial charge in [-0.25, -0.2) is 4.79 Å². The second-order valence-electron chi connectivity index (χ2n) is 2.56. The topological polar surface area (TPSA) is 66.8 Å². The summed E-state index contributed by atoms with van der Waals surface area (Å²) < 4.78 is 4.77. The van der Waals surface area contributed by atoms with Gasteiger partial charge in [0.05, 0.1) is 12.2 Å². The molecule has 1 rings (SSSR count). The van der Waals surface area contributed by atoms with Crippen molar-refractivity contribution < 1.29 is 19.3 Å². The lowest BCUT2D eigenvalue weighted by Crippen LogP contribution is -2.07. The van der Waals surface area contributed by atoms with Gasteiger partial charge in [-0.15, -0.1) is 0 Å². The first-order valence-electron chi connectivity index (χ1n) is 4.10. The van der Waals surface area contributed by atoms with Crippen LogP contribution in [0.4, 0.5) is 0 Å². The Bertz CT molecular complexity index is 307. The van der Waals surface area contributed by atoms with E-state index < -0.39 is 14.3 Å². The minimum absolute atomic E-state index is 0.327. The van der Waals surface area contributed by atoms with Crippen molar-refractivity contribution in [3.05, 3.63) is 29.8 Å². The van der Waals surface area contributed by atoms with Crippen molar-refractivity contribution in [1.29, 1.82) is 0 Å². The lowest BCUT2D eigenvalue weighted by molar-refractivity contribution is 0.0526. The van der Waals surface area contributed by atoms with Crippen LogP contribution in [0.5, 0.6) is 0 Å². The van der Waals surface area contributed by atoms with Crippen molar-refractivity contribution in [2.24, 2.45) is 0 Å². The van der Waals surface area contributed by atoms with Crippen LogP contribution in [0.2, 0.25) is 0 Å². The number of hydrogen-bond acceptors (Lipinski definition) is 4. The summed E-state index contributed by atoms with van der Waals surface area (Å²) in [6, 6.07) is 6.01. The van der Waals surface area contributed by atoms with Gasteiger partial charge in [0.2, 0.25) is 0 Å². The van der Waals surface area contributed by atoms with Gasteiger partial charge in [0.1, 0.15) is 0 Å². The monoisotopic (exact) mass is 214 g/mol. The molecule has 2 N–H and O–H groups in total. The maximum absolute atomic E-state index is 11.2. The van der Waals surface area contributed by atoms with E-state index in [0.29, 0.717) is 17.5 Å². The predicted octanol–water partition coefficient (Wildman–Crippen LogP) is 0.785. The molecule has 0 aliphatic rings. The normalized spacial score (nSPS) is 10.3. The second-order valence-corrected chi connectivity index (χ2v) is 3.65. The van der Waals surface area contributed by atoms with E-state index in [1.807, 2.05) is 0 Å². The van der Waals surface area contributed by atoms with E-state index in [4.69, 9.17) is 14.5 Å². The molecule has 0 saturated heterocycles. The second kappa shape index (κ2) is 5.05. The molecule has 5 heteroatoms. The van der Waals surface area contributed by atoms with Crippen LogP contribution in [0.25, 0.3) is 0 Å². The lowest BCUT2D eigenvalue weighted by Gasteiger charge is -2.04. The summed E-state index contributed by atoms with van der Waals surface area (Å²) in [4.78, 5) is 28.9. The van der Waals surface area contributed by atoms with Crippen LogP contribution < -0.4 is 5.30 Å². The minimum atomic E-state index is -2.09. The van der Waals surface area contributed by atoms with E-state index in [1.54, 1.807) is 6.92 Å². The van der Waals surface area contributed by atoms with Crippen molar-refractivity contribution in [3.8, 4) is 0 Å². The van der Waals surface area contributed by atoms with Gasteiger partial charge in [-0.05, 0) is 31.2 Å². The van der Waals surface area contributed by atoms with Gasteiger partial charge in [0.25, 0.3) is 0 Å². The predicted molar refractivity (Wildman–Crippen MR) is 53.4 cm³/mol. The van der Waals surface area contributed by atoms with Gasteiger partial charge < -0.3 is 14.5 Å². The number of benzene rings is 1. The molecule has 4 nitrogen and oxygen atoms in total. The van der Waals surface area contributed by atoms with Crippen LogP contribution in [0.3, 0.4) is 0 Å². The van der Waals surface area contributed by atoms with Crippen LogP contribution >= 0.6 is 8.38 Å². The zero-order chi connectivity index (χ0) is 10.6. The number of rotatable bonds is 3. The highest BCUT2D eigenvalue weighted by molar-refractivity contribution is 7.54. The third-order valence-corrected chi connectivity index (χ3v) is 2.37. The van der Waals surface area contributed by atoms with Gasteiger partial charge in [-0.1, -0.05) is 0 Å². The maximum atomic E-state index is 11.2. The van der Waals surface area contributed by atoms with Crippen LogP contribution in [0, 0.1) is 0 Å². The molecule has 0 fully saturated rings. The molecule has 1 aromatic rings. The summed E-state index contributed by atoms with van der Waals surface area (Å²) in [5.74, 6) is -0.403. The average molecular weight is 214 g/mol. The molecule has 0 bridgehead atoms. The number of esters is 1. The number of carbonyl (C=O) groups is 1. The quantitative estimate of drug-likeness (QED) is 0.576. The fraction of sp³-hybridized carbons (Fsp3) is 0.222. The van der Waals surface area contributed by atoms with E-state index in [0.717, 1.165) is 0 Å². The van der Waals surface area contributed by atoms with E-state index in [-0.39, 0.29) is 0 Å². The molecule has 0 radical (unpaired) electrons. The smallest absolute Gasteiger partial charge is 0.338 e. The largest absolute Gasteiger partial charge is 0.462 e. The van der Waals surface area contributed by atoms with Crippen LogP contribution in [0.15, 0.2) is 24.3 Å². The molecule has 0 saturated carbocycles. The molecule has 0 heterocycles. The van der Waals surface area contributed by atoms with Crippen LogP contribution in [0.1, 0.15) is 17.3 Å². The zero-order valence-corrected chi connectivity index (χ0v) is 8.57. The first-order valence-corrected chi connectivity index (χ1v) is 5.35. The van der Waals surface area contributed by atoms with Crippen molar-refractivity contribution >= 4 is 19.6 Å². The Labute approximate surface area is 83.1 Å². The lowest BCUT2D eigenvalue weighted by atomic mass is 10.2. The van der Waals surface area contributed by atoms with E-state index in [9.17, 15) is 4.79 Å². The first-order chi connectivity index (χ1) is 6.65. The third-order valence-electron chi connectivity index (χ3n) is 1.61. The summed E-state index contributed by atoms with van der Waals surface area (Å²) in [6.45, 7) is 2.06. The average Bonchev–Trinajstić information content (AvgIpc) is 2.18. The standard InChI is InChI=1S/C9H11O4P/c1-2-13-9(10)7-3-5-8(6-4-7)14(11)12/h3-6,11-12H,2H2,1H3. The Hall–Kier alpha value is -0.960. The third kappa shape index (κ3) is 2.77. The summed E-state index contributed by atoms with van der Waals surface area (Å²) in [5, 5.41) is 0.410.